The van der Waals surface area contributed by atoms with Crippen LogP contribution in [0.3, 0.4) is 0 Å². The van der Waals surface area contributed by atoms with E-state index in [0.717, 1.165) is 6.07 Å². The Labute approximate surface area is 142 Å². The van der Waals surface area contributed by atoms with E-state index in [0.29, 0.717) is 5.69 Å². The highest BCUT2D eigenvalue weighted by atomic mass is 16.6. The van der Waals surface area contributed by atoms with E-state index in [2.05, 4.69) is 10.4 Å². The molecule has 25 heavy (non-hydrogen) atoms. The predicted octanol–water partition coefficient (Wildman–Crippen LogP) is 1.39. The average molecular weight is 347 g/mol. The van der Waals surface area contributed by atoms with Crippen molar-refractivity contribution in [3.05, 3.63) is 45.1 Å². The zero-order chi connectivity index (χ0) is 18.7. The van der Waals surface area contributed by atoms with Gasteiger partial charge in [0.2, 0.25) is 0 Å². The van der Waals surface area contributed by atoms with Gasteiger partial charge in [-0.3, -0.25) is 24.4 Å². The number of nitrogens with one attached hydrogen (secondary N) is 1. The molecule has 0 fully saturated rings. The van der Waals surface area contributed by atoms with Crippen molar-refractivity contribution in [1.82, 2.24) is 9.78 Å². The Kier molecular flexibility index (Phi) is 5.01. The molecule has 2 rings (SSSR count). The van der Waals surface area contributed by atoms with E-state index in [1.54, 1.807) is 13.8 Å². The molecule has 1 heterocycles. The minimum atomic E-state index is -0.745. The van der Waals surface area contributed by atoms with Crippen molar-refractivity contribution < 1.29 is 19.2 Å². The van der Waals surface area contributed by atoms with Gasteiger partial charge in [-0.2, -0.15) is 5.10 Å². The molecule has 10 nitrogen and oxygen atoms in total. The van der Waals surface area contributed by atoms with Crippen molar-refractivity contribution in [3.63, 3.8) is 0 Å². The van der Waals surface area contributed by atoms with Gasteiger partial charge < -0.3 is 15.8 Å². The third-order valence-electron chi connectivity index (χ3n) is 3.42. The molecule has 1 aromatic heterocycles. The van der Waals surface area contributed by atoms with E-state index in [1.807, 2.05) is 0 Å². The molecular weight excluding hydrogens is 330 g/mol. The lowest BCUT2D eigenvalue weighted by Crippen LogP contribution is -2.20. The molecule has 3 N–H and O–H groups in total. The van der Waals surface area contributed by atoms with Crippen LogP contribution in [-0.2, 0) is 7.05 Å². The van der Waals surface area contributed by atoms with Gasteiger partial charge in [-0.1, -0.05) is 0 Å². The number of anilines is 1. The van der Waals surface area contributed by atoms with Gasteiger partial charge in [0.1, 0.15) is 17.1 Å². The maximum absolute atomic E-state index is 12.6. The van der Waals surface area contributed by atoms with Gasteiger partial charge in [-0.05, 0) is 19.9 Å². The first kappa shape index (κ1) is 17.9. The van der Waals surface area contributed by atoms with Crippen LogP contribution in [0, 0.1) is 17.0 Å². The number of non-ortho nitro benzene ring substituents is 1. The summed E-state index contributed by atoms with van der Waals surface area (Å²) >= 11 is 0. The standard InChI is InChI=1S/C15H17N5O5/c1-4-25-11-6-5-9(20(23)24)7-10(11)15(22)17-14-12(13(16)21)8(2)18-19(14)3/h5-7H,4H2,1-3H3,(H2,16,21)(H,17,22). The fourth-order valence-corrected chi connectivity index (χ4v) is 2.36. The monoisotopic (exact) mass is 347 g/mol. The zero-order valence-electron chi connectivity index (χ0n) is 13.9. The number of nitro groups is 1. The highest BCUT2D eigenvalue weighted by molar-refractivity contribution is 6.09. The van der Waals surface area contributed by atoms with Crippen molar-refractivity contribution in [2.24, 2.45) is 12.8 Å². The number of carbonyl (C=O) groups is 2. The molecule has 0 saturated heterocycles. The highest BCUT2D eigenvalue weighted by Crippen LogP contribution is 2.26. The summed E-state index contributed by atoms with van der Waals surface area (Å²) in [6.45, 7) is 3.57. The number of hydrogen-bond acceptors (Lipinski definition) is 6. The Balaban J connectivity index is 2.46. The van der Waals surface area contributed by atoms with E-state index in [4.69, 9.17) is 10.5 Å². The largest absolute Gasteiger partial charge is 0.493 e. The minimum Gasteiger partial charge on any atom is -0.493 e. The SMILES string of the molecule is CCOc1ccc([N+](=O)[O-])cc1C(=O)Nc1c(C(N)=O)c(C)nn1C. The Hall–Kier alpha value is -3.43. The van der Waals surface area contributed by atoms with E-state index in [-0.39, 0.29) is 35.0 Å². The van der Waals surface area contributed by atoms with Gasteiger partial charge >= 0.3 is 0 Å². The molecular formula is C15H17N5O5. The third kappa shape index (κ3) is 3.57. The Bertz CT molecular complexity index is 858. The normalized spacial score (nSPS) is 10.4. The van der Waals surface area contributed by atoms with E-state index >= 15 is 0 Å². The Morgan fingerprint density at radius 2 is 2.12 bits per heavy atom. The van der Waals surface area contributed by atoms with Crippen LogP contribution in [0.5, 0.6) is 5.75 Å². The fourth-order valence-electron chi connectivity index (χ4n) is 2.36. The Morgan fingerprint density at radius 3 is 2.68 bits per heavy atom. The molecule has 0 aliphatic heterocycles. The van der Waals surface area contributed by atoms with Crippen molar-refractivity contribution in [3.8, 4) is 5.75 Å². The first-order chi connectivity index (χ1) is 11.8. The number of carbonyl (C=O) groups excluding carboxylic acids is 2. The molecule has 10 heteroatoms. The number of amides is 2. The molecule has 0 spiro atoms. The van der Waals surface area contributed by atoms with E-state index < -0.39 is 16.7 Å². The van der Waals surface area contributed by atoms with Crippen LogP contribution in [0.4, 0.5) is 11.5 Å². The van der Waals surface area contributed by atoms with Gasteiger partial charge in [0.15, 0.2) is 0 Å². The van der Waals surface area contributed by atoms with Crippen LogP contribution < -0.4 is 15.8 Å². The quantitative estimate of drug-likeness (QED) is 0.597. The maximum Gasteiger partial charge on any atom is 0.270 e. The lowest BCUT2D eigenvalue weighted by molar-refractivity contribution is -0.384. The smallest absolute Gasteiger partial charge is 0.270 e. The lowest BCUT2D eigenvalue weighted by Gasteiger charge is -2.11. The lowest BCUT2D eigenvalue weighted by atomic mass is 10.1. The van der Waals surface area contributed by atoms with Crippen LogP contribution in [0.15, 0.2) is 18.2 Å². The van der Waals surface area contributed by atoms with Gasteiger partial charge in [0.25, 0.3) is 17.5 Å². The summed E-state index contributed by atoms with van der Waals surface area (Å²) in [7, 11) is 1.53. The maximum atomic E-state index is 12.6. The second-order valence-corrected chi connectivity index (χ2v) is 5.12. The summed E-state index contributed by atoms with van der Waals surface area (Å²) < 4.78 is 6.64. The minimum absolute atomic E-state index is 0.0367. The molecule has 0 radical (unpaired) electrons. The topological polar surface area (TPSA) is 142 Å². The van der Waals surface area contributed by atoms with Crippen molar-refractivity contribution in [2.75, 3.05) is 11.9 Å². The summed E-state index contributed by atoms with van der Waals surface area (Å²) in [6.07, 6.45) is 0. The molecule has 0 atom stereocenters. The summed E-state index contributed by atoms with van der Waals surface area (Å²) in [4.78, 5) is 34.6. The molecule has 0 saturated carbocycles. The number of ether oxygens (including phenoxy) is 1. The second kappa shape index (κ2) is 6.99. The van der Waals surface area contributed by atoms with E-state index in [9.17, 15) is 19.7 Å². The second-order valence-electron chi connectivity index (χ2n) is 5.12. The molecule has 2 amide bonds. The van der Waals surface area contributed by atoms with Crippen LogP contribution >= 0.6 is 0 Å². The zero-order valence-corrected chi connectivity index (χ0v) is 13.9. The number of hydrogen-bond donors (Lipinski definition) is 2. The molecule has 0 unspecified atom stereocenters. The molecule has 2 aromatic rings. The number of aryl methyl sites for hydroxylation is 2. The molecule has 0 bridgehead atoms. The summed E-state index contributed by atoms with van der Waals surface area (Å²) in [5, 5.41) is 17.5. The molecule has 132 valence electrons. The van der Waals surface area contributed by atoms with Crippen molar-refractivity contribution in [2.45, 2.75) is 13.8 Å². The number of rotatable bonds is 6. The number of nitrogens with zero attached hydrogens (tertiary/aromatic N) is 3. The van der Waals surface area contributed by atoms with Gasteiger partial charge in [0, 0.05) is 19.2 Å². The summed E-state index contributed by atoms with van der Waals surface area (Å²) in [5.41, 5.74) is 5.46. The fraction of sp³-hybridized carbons (Fsp3) is 0.267. The van der Waals surface area contributed by atoms with Crippen LogP contribution in [0.1, 0.15) is 33.3 Å². The van der Waals surface area contributed by atoms with Crippen LogP contribution in [0.25, 0.3) is 0 Å². The molecule has 1 aromatic carbocycles. The first-order valence-electron chi connectivity index (χ1n) is 7.32. The third-order valence-corrected chi connectivity index (χ3v) is 3.42. The Morgan fingerprint density at radius 1 is 1.44 bits per heavy atom. The number of benzene rings is 1. The molecule has 0 aliphatic carbocycles. The van der Waals surface area contributed by atoms with Gasteiger partial charge in [-0.25, -0.2) is 0 Å². The van der Waals surface area contributed by atoms with Gasteiger partial charge in [-0.15, -0.1) is 0 Å². The summed E-state index contributed by atoms with van der Waals surface area (Å²) in [5.74, 6) is -1.14. The van der Waals surface area contributed by atoms with Crippen molar-refractivity contribution >= 4 is 23.3 Å². The summed E-state index contributed by atoms with van der Waals surface area (Å²) in [6, 6.07) is 3.69. The van der Waals surface area contributed by atoms with E-state index in [1.165, 1.54) is 23.9 Å². The number of nitro benzene ring substituents is 1. The number of nitrogens with two attached hydrogens (primary N) is 1. The highest BCUT2D eigenvalue weighted by Gasteiger charge is 2.23. The van der Waals surface area contributed by atoms with Crippen LogP contribution in [-0.4, -0.2) is 33.1 Å². The predicted molar refractivity (Wildman–Crippen MR) is 88.7 cm³/mol. The molecule has 0 aliphatic rings. The van der Waals surface area contributed by atoms with Crippen molar-refractivity contribution in [1.29, 1.82) is 0 Å². The van der Waals surface area contributed by atoms with Crippen LogP contribution in [0.2, 0.25) is 0 Å². The van der Waals surface area contributed by atoms with Gasteiger partial charge in [0.05, 0.1) is 22.8 Å². The average Bonchev–Trinajstić information content (AvgIpc) is 2.81. The number of primary amides is 1. The first-order valence-corrected chi connectivity index (χ1v) is 7.32. The number of aromatic nitrogens is 2.